The molecule has 0 bridgehead atoms. The van der Waals surface area contributed by atoms with Gasteiger partial charge in [0, 0.05) is 10.2 Å². The van der Waals surface area contributed by atoms with Crippen LogP contribution in [-0.4, -0.2) is 5.71 Å². The highest BCUT2D eigenvalue weighted by molar-refractivity contribution is 9.10. The van der Waals surface area contributed by atoms with Gasteiger partial charge in [0.2, 0.25) is 0 Å². The van der Waals surface area contributed by atoms with Crippen LogP contribution in [0.25, 0.3) is 0 Å². The Balaban J connectivity index is 1.88. The second kappa shape index (κ2) is 7.25. The molecule has 0 atom stereocenters. The molecule has 0 N–H and O–H groups in total. The lowest BCUT2D eigenvalue weighted by Gasteiger charge is -2.03. The number of nitrogens with zero attached hydrogens (tertiary/aromatic N) is 1. The Bertz CT molecular complexity index is 546. The highest BCUT2D eigenvalue weighted by Gasteiger charge is 1.98. The molecule has 0 amide bonds. The molecule has 0 heterocycles. The van der Waals surface area contributed by atoms with Crippen LogP contribution in [0.4, 0.5) is 0 Å². The molecule has 1 nitrogen and oxygen atoms in total. The van der Waals surface area contributed by atoms with Crippen molar-refractivity contribution in [1.82, 2.24) is 0 Å². The largest absolute Gasteiger partial charge is 0.290 e. The van der Waals surface area contributed by atoms with Gasteiger partial charge in [-0.3, -0.25) is 4.99 Å². The van der Waals surface area contributed by atoms with Gasteiger partial charge in [-0.25, -0.2) is 0 Å². The van der Waals surface area contributed by atoms with E-state index in [0.29, 0.717) is 0 Å². The number of aliphatic imine (C=N–C) groups is 1. The van der Waals surface area contributed by atoms with Gasteiger partial charge in [0.05, 0.1) is 6.54 Å². The van der Waals surface area contributed by atoms with E-state index in [-0.39, 0.29) is 0 Å². The molecule has 0 aliphatic heterocycles. The summed E-state index contributed by atoms with van der Waals surface area (Å²) in [6, 6.07) is 18.8. The summed E-state index contributed by atoms with van der Waals surface area (Å²) in [5, 5.41) is 0. The third-order valence-corrected chi connectivity index (χ3v) is 3.87. The zero-order chi connectivity index (χ0) is 13.5. The molecule has 0 aliphatic rings. The zero-order valence-electron chi connectivity index (χ0n) is 11.1. The van der Waals surface area contributed by atoms with Gasteiger partial charge in [0.25, 0.3) is 0 Å². The second-order valence-corrected chi connectivity index (χ2v) is 5.48. The summed E-state index contributed by atoms with van der Waals surface area (Å²) in [6.07, 6.45) is 2.08. The molecule has 0 saturated heterocycles. The summed E-state index contributed by atoms with van der Waals surface area (Å²) in [7, 11) is 0. The maximum absolute atomic E-state index is 4.66. The first-order chi connectivity index (χ1) is 9.25. The predicted octanol–water partition coefficient (Wildman–Crippen LogP) is 5.04. The van der Waals surface area contributed by atoms with E-state index in [1.165, 1.54) is 16.8 Å². The molecule has 0 unspecified atom stereocenters. The first kappa shape index (κ1) is 14.0. The molecule has 2 aromatic rings. The van der Waals surface area contributed by atoms with Gasteiger partial charge >= 0.3 is 0 Å². The Kier molecular flexibility index (Phi) is 5.34. The highest BCUT2D eigenvalue weighted by Crippen LogP contribution is 2.16. The number of hydrogen-bond donors (Lipinski definition) is 0. The van der Waals surface area contributed by atoms with E-state index in [1.807, 2.05) is 6.07 Å². The lowest BCUT2D eigenvalue weighted by Crippen LogP contribution is -1.96. The van der Waals surface area contributed by atoms with Crippen LogP contribution in [0.2, 0.25) is 0 Å². The number of halogens is 1. The van der Waals surface area contributed by atoms with Crippen LogP contribution in [-0.2, 0) is 13.0 Å². The predicted molar refractivity (Wildman–Crippen MR) is 85.7 cm³/mol. The zero-order valence-corrected chi connectivity index (χ0v) is 12.7. The van der Waals surface area contributed by atoms with Crippen molar-refractivity contribution in [3.05, 3.63) is 70.2 Å². The summed E-state index contributed by atoms with van der Waals surface area (Å²) in [5.41, 5.74) is 3.82. The van der Waals surface area contributed by atoms with E-state index >= 15 is 0 Å². The first-order valence-corrected chi connectivity index (χ1v) is 7.32. The minimum Gasteiger partial charge on any atom is -0.290 e. The summed E-state index contributed by atoms with van der Waals surface area (Å²) in [4.78, 5) is 4.66. The van der Waals surface area contributed by atoms with Crippen molar-refractivity contribution in [2.24, 2.45) is 4.99 Å². The van der Waals surface area contributed by atoms with Crippen molar-refractivity contribution in [1.29, 1.82) is 0 Å². The molecule has 2 heteroatoms. The maximum Gasteiger partial charge on any atom is 0.0649 e. The molecule has 0 aromatic heterocycles. The fourth-order valence-corrected chi connectivity index (χ4v) is 2.31. The van der Waals surface area contributed by atoms with Crippen molar-refractivity contribution in [3.8, 4) is 0 Å². The van der Waals surface area contributed by atoms with Crippen molar-refractivity contribution >= 4 is 21.6 Å². The molecular weight excluding hydrogens is 298 g/mol. The smallest absolute Gasteiger partial charge is 0.0649 e. The normalized spacial score (nSPS) is 11.6. The Morgan fingerprint density at radius 2 is 1.68 bits per heavy atom. The molecule has 2 aromatic carbocycles. The number of benzene rings is 2. The molecule has 0 aliphatic carbocycles. The van der Waals surface area contributed by atoms with E-state index in [0.717, 1.165) is 23.9 Å². The fraction of sp³-hybridized carbons (Fsp3) is 0.235. The van der Waals surface area contributed by atoms with Crippen LogP contribution in [0.5, 0.6) is 0 Å². The summed E-state index contributed by atoms with van der Waals surface area (Å²) in [6.45, 7) is 2.86. The number of rotatable bonds is 5. The third kappa shape index (κ3) is 4.64. The van der Waals surface area contributed by atoms with E-state index in [4.69, 9.17) is 0 Å². The minimum atomic E-state index is 0.752. The summed E-state index contributed by atoms with van der Waals surface area (Å²) in [5.74, 6) is 0. The van der Waals surface area contributed by atoms with Gasteiger partial charge in [0.15, 0.2) is 0 Å². The van der Waals surface area contributed by atoms with Crippen molar-refractivity contribution in [3.63, 3.8) is 0 Å². The Morgan fingerprint density at radius 3 is 2.42 bits per heavy atom. The van der Waals surface area contributed by atoms with Crippen LogP contribution in [0.15, 0.2) is 64.1 Å². The van der Waals surface area contributed by atoms with Crippen LogP contribution in [0.1, 0.15) is 24.5 Å². The van der Waals surface area contributed by atoms with E-state index in [9.17, 15) is 0 Å². The Labute approximate surface area is 123 Å². The van der Waals surface area contributed by atoms with Gasteiger partial charge in [-0.2, -0.15) is 0 Å². The van der Waals surface area contributed by atoms with Gasteiger partial charge in [-0.15, -0.1) is 0 Å². The van der Waals surface area contributed by atoms with E-state index < -0.39 is 0 Å². The van der Waals surface area contributed by atoms with Crippen molar-refractivity contribution in [2.75, 3.05) is 0 Å². The van der Waals surface area contributed by atoms with Crippen LogP contribution >= 0.6 is 15.9 Å². The van der Waals surface area contributed by atoms with Crippen molar-refractivity contribution in [2.45, 2.75) is 26.3 Å². The molecule has 0 spiro atoms. The molecular formula is C17H18BrN. The Hall–Kier alpha value is -1.41. The summed E-state index contributed by atoms with van der Waals surface area (Å²) < 4.78 is 1.13. The topological polar surface area (TPSA) is 12.4 Å². The maximum atomic E-state index is 4.66. The Morgan fingerprint density at radius 1 is 1.00 bits per heavy atom. The van der Waals surface area contributed by atoms with E-state index in [1.54, 1.807) is 0 Å². The van der Waals surface area contributed by atoms with Gasteiger partial charge in [-0.05, 0) is 37.0 Å². The average molecular weight is 316 g/mol. The van der Waals surface area contributed by atoms with Gasteiger partial charge in [0.1, 0.15) is 0 Å². The molecule has 2 rings (SSSR count). The van der Waals surface area contributed by atoms with Crippen molar-refractivity contribution < 1.29 is 0 Å². The monoisotopic (exact) mass is 315 g/mol. The lowest BCUT2D eigenvalue weighted by molar-refractivity contribution is 0.985. The third-order valence-electron chi connectivity index (χ3n) is 3.10. The first-order valence-electron chi connectivity index (χ1n) is 6.53. The molecule has 0 saturated carbocycles. The summed E-state index contributed by atoms with van der Waals surface area (Å²) >= 11 is 3.55. The van der Waals surface area contributed by atoms with Gasteiger partial charge in [-0.1, -0.05) is 64.5 Å². The molecule has 0 fully saturated rings. The average Bonchev–Trinajstić information content (AvgIpc) is 2.45. The van der Waals surface area contributed by atoms with Crippen LogP contribution in [0, 0.1) is 0 Å². The fourth-order valence-electron chi connectivity index (χ4n) is 1.90. The standard InChI is InChI=1S/C17H18BrN/c1-14(11-12-15-7-3-2-4-8-15)19-13-16-9-5-6-10-17(16)18/h2-10H,11-13H2,1H3. The van der Waals surface area contributed by atoms with E-state index in [2.05, 4.69) is 76.4 Å². The SMILES string of the molecule is CC(CCc1ccccc1)=NCc1ccccc1Br. The lowest BCUT2D eigenvalue weighted by atomic mass is 10.1. The number of aryl methyl sites for hydroxylation is 1. The second-order valence-electron chi connectivity index (χ2n) is 4.63. The van der Waals surface area contributed by atoms with Crippen LogP contribution < -0.4 is 0 Å². The van der Waals surface area contributed by atoms with Crippen LogP contribution in [0.3, 0.4) is 0 Å². The number of hydrogen-bond acceptors (Lipinski definition) is 1. The van der Waals surface area contributed by atoms with Gasteiger partial charge < -0.3 is 0 Å². The molecule has 19 heavy (non-hydrogen) atoms. The highest BCUT2D eigenvalue weighted by atomic mass is 79.9. The molecule has 0 radical (unpaired) electrons. The molecule has 98 valence electrons. The quantitative estimate of drug-likeness (QED) is 0.685. The minimum absolute atomic E-state index is 0.752.